The Morgan fingerprint density at radius 2 is 1.81 bits per heavy atom. The molecule has 7 nitrogen and oxygen atoms in total. The van der Waals surface area contributed by atoms with Gasteiger partial charge >= 0.3 is 0 Å². The first-order valence-corrected chi connectivity index (χ1v) is 10.8. The minimum absolute atomic E-state index is 0.0603. The quantitative estimate of drug-likeness (QED) is 0.356. The fourth-order valence-electron chi connectivity index (χ4n) is 3.86. The third kappa shape index (κ3) is 3.00. The molecule has 2 N–H and O–H groups in total. The van der Waals surface area contributed by atoms with Gasteiger partial charge in [0.2, 0.25) is 0 Å². The van der Waals surface area contributed by atoms with Gasteiger partial charge in [0.1, 0.15) is 5.69 Å². The molecule has 0 aliphatic rings. The molecule has 5 heterocycles. The largest absolute Gasteiger partial charge is 0.353 e. The van der Waals surface area contributed by atoms with Crippen LogP contribution in [0.3, 0.4) is 0 Å². The lowest BCUT2D eigenvalue weighted by atomic mass is 10.1. The fraction of sp³-hybridized carbons (Fsp3) is 0.0417. The van der Waals surface area contributed by atoms with Crippen molar-refractivity contribution in [2.45, 2.75) is 6.92 Å². The Labute approximate surface area is 186 Å². The van der Waals surface area contributed by atoms with Crippen molar-refractivity contribution in [1.82, 2.24) is 30.1 Å². The van der Waals surface area contributed by atoms with Crippen LogP contribution < -0.4 is 0 Å². The highest BCUT2D eigenvalue weighted by atomic mass is 32.1. The molecule has 0 saturated carbocycles. The number of benzene rings is 1. The maximum atomic E-state index is 11.7. The van der Waals surface area contributed by atoms with Crippen LogP contribution in [-0.2, 0) is 0 Å². The second-order valence-corrected chi connectivity index (χ2v) is 8.53. The van der Waals surface area contributed by atoms with Crippen LogP contribution in [0.1, 0.15) is 16.6 Å². The van der Waals surface area contributed by atoms with Crippen LogP contribution in [0.15, 0.2) is 67.3 Å². The Balaban J connectivity index is 1.49. The molecule has 0 fully saturated rings. The second-order valence-electron chi connectivity index (χ2n) is 7.45. The van der Waals surface area contributed by atoms with Crippen LogP contribution in [0, 0.1) is 0 Å². The van der Waals surface area contributed by atoms with Crippen molar-refractivity contribution in [3.05, 3.63) is 72.1 Å². The topological polar surface area (TPSA) is 100 Å². The molecule has 8 heteroatoms. The molecule has 6 aromatic rings. The molecule has 0 bridgehead atoms. The number of nitrogens with zero attached hydrogens (tertiary/aromatic N) is 4. The second kappa shape index (κ2) is 7.21. The van der Waals surface area contributed by atoms with Gasteiger partial charge < -0.3 is 4.98 Å². The summed E-state index contributed by atoms with van der Waals surface area (Å²) in [6, 6.07) is 13.9. The average Bonchev–Trinajstić information content (AvgIpc) is 3.56. The van der Waals surface area contributed by atoms with Crippen LogP contribution in [0.4, 0.5) is 0 Å². The Morgan fingerprint density at radius 1 is 0.906 bits per heavy atom. The van der Waals surface area contributed by atoms with Gasteiger partial charge in [-0.3, -0.25) is 24.8 Å². The lowest BCUT2D eigenvalue weighted by Gasteiger charge is -2.00. The number of rotatable bonds is 4. The van der Waals surface area contributed by atoms with E-state index in [2.05, 4.69) is 42.3 Å². The summed E-state index contributed by atoms with van der Waals surface area (Å²) in [5.74, 6) is 0.0603. The molecule has 6 rings (SSSR count). The van der Waals surface area contributed by atoms with E-state index < -0.39 is 0 Å². The number of ketones is 1. The number of aromatic nitrogens is 6. The first kappa shape index (κ1) is 18.6. The van der Waals surface area contributed by atoms with Crippen molar-refractivity contribution in [3.8, 4) is 33.2 Å². The number of aromatic amines is 2. The fourth-order valence-corrected chi connectivity index (χ4v) is 4.77. The number of carbonyl (C=O) groups is 1. The molecule has 0 aliphatic heterocycles. The van der Waals surface area contributed by atoms with Gasteiger partial charge in [-0.15, -0.1) is 11.3 Å². The maximum absolute atomic E-state index is 11.7. The van der Waals surface area contributed by atoms with E-state index >= 15 is 0 Å². The Bertz CT molecular complexity index is 1610. The summed E-state index contributed by atoms with van der Waals surface area (Å²) in [7, 11) is 0. The van der Waals surface area contributed by atoms with E-state index in [-0.39, 0.29) is 5.78 Å². The molecular weight excluding hydrogens is 420 g/mol. The maximum Gasteiger partial charge on any atom is 0.169 e. The lowest BCUT2D eigenvalue weighted by Crippen LogP contribution is -1.84. The summed E-state index contributed by atoms with van der Waals surface area (Å²) in [5, 5.41) is 9.66. The SMILES string of the molecule is CC(=O)c1ccc(-c2nccc3[nH]c(-c4n[nH]c5ccc(-c6cnccn6)cc45)cc23)s1. The van der Waals surface area contributed by atoms with Gasteiger partial charge in [0, 0.05) is 40.4 Å². The summed E-state index contributed by atoms with van der Waals surface area (Å²) >= 11 is 1.46. The number of pyridine rings is 1. The monoisotopic (exact) mass is 436 g/mol. The molecule has 0 atom stereocenters. The number of thiophene rings is 1. The van der Waals surface area contributed by atoms with Crippen molar-refractivity contribution in [2.24, 2.45) is 0 Å². The molecular formula is C24H16N6OS. The number of H-pyrrole nitrogens is 2. The van der Waals surface area contributed by atoms with Crippen LogP contribution in [0.25, 0.3) is 55.0 Å². The molecule has 154 valence electrons. The van der Waals surface area contributed by atoms with Crippen molar-refractivity contribution < 1.29 is 4.79 Å². The Morgan fingerprint density at radius 3 is 2.62 bits per heavy atom. The van der Waals surface area contributed by atoms with E-state index in [4.69, 9.17) is 0 Å². The third-order valence-corrected chi connectivity index (χ3v) is 6.60. The normalized spacial score (nSPS) is 11.4. The van der Waals surface area contributed by atoms with Gasteiger partial charge in [-0.25, -0.2) is 0 Å². The average molecular weight is 437 g/mol. The number of nitrogens with one attached hydrogen (secondary N) is 2. The predicted molar refractivity (Wildman–Crippen MR) is 126 cm³/mol. The van der Waals surface area contributed by atoms with Crippen LogP contribution in [0.2, 0.25) is 0 Å². The number of hydrogen-bond donors (Lipinski definition) is 2. The number of hydrogen-bond acceptors (Lipinski definition) is 6. The smallest absolute Gasteiger partial charge is 0.169 e. The van der Waals surface area contributed by atoms with Gasteiger partial charge in [-0.05, 0) is 43.3 Å². The highest BCUT2D eigenvalue weighted by molar-refractivity contribution is 7.17. The van der Waals surface area contributed by atoms with Gasteiger partial charge in [0.05, 0.1) is 38.5 Å². The minimum atomic E-state index is 0.0603. The number of fused-ring (bicyclic) bond motifs is 2. The van der Waals surface area contributed by atoms with Crippen molar-refractivity contribution in [1.29, 1.82) is 0 Å². The van der Waals surface area contributed by atoms with Crippen molar-refractivity contribution >= 4 is 38.9 Å². The van der Waals surface area contributed by atoms with E-state index in [0.29, 0.717) is 0 Å². The van der Waals surface area contributed by atoms with E-state index in [9.17, 15) is 4.79 Å². The molecule has 0 spiro atoms. The Kier molecular flexibility index (Phi) is 4.19. The summed E-state index contributed by atoms with van der Waals surface area (Å²) in [4.78, 5) is 30.1. The molecule has 0 amide bonds. The molecule has 32 heavy (non-hydrogen) atoms. The zero-order valence-electron chi connectivity index (χ0n) is 17.0. The first-order chi connectivity index (χ1) is 15.7. The molecule has 0 radical (unpaired) electrons. The van der Waals surface area contributed by atoms with Crippen LogP contribution in [0.5, 0.6) is 0 Å². The predicted octanol–water partition coefficient (Wildman–Crippen LogP) is 5.49. The van der Waals surface area contributed by atoms with Gasteiger partial charge in [0.15, 0.2) is 5.78 Å². The van der Waals surface area contributed by atoms with E-state index in [1.807, 2.05) is 30.3 Å². The van der Waals surface area contributed by atoms with Crippen molar-refractivity contribution in [3.63, 3.8) is 0 Å². The van der Waals surface area contributed by atoms with Crippen LogP contribution >= 0.6 is 11.3 Å². The summed E-state index contributed by atoms with van der Waals surface area (Å²) in [6.45, 7) is 1.58. The highest BCUT2D eigenvalue weighted by Gasteiger charge is 2.16. The minimum Gasteiger partial charge on any atom is -0.353 e. The Hall–Kier alpha value is -4.17. The lowest BCUT2D eigenvalue weighted by molar-refractivity contribution is 0.102. The molecule has 5 aromatic heterocycles. The van der Waals surface area contributed by atoms with E-state index in [1.54, 1.807) is 31.7 Å². The van der Waals surface area contributed by atoms with Gasteiger partial charge in [-0.1, -0.05) is 6.07 Å². The standard InChI is InChI=1S/C24H16N6OS/c1-13(31)21-4-5-22(32-21)24-16-11-19(28-17(16)6-7-27-24)23-15-10-14(2-3-18(15)29-30-23)20-12-25-8-9-26-20/h2-12,28H,1H3,(H,29,30). The van der Waals surface area contributed by atoms with E-state index in [1.165, 1.54) is 11.3 Å². The van der Waals surface area contributed by atoms with E-state index in [0.717, 1.165) is 59.9 Å². The van der Waals surface area contributed by atoms with Gasteiger partial charge in [-0.2, -0.15) is 5.10 Å². The zero-order valence-corrected chi connectivity index (χ0v) is 17.8. The highest BCUT2D eigenvalue weighted by Crippen LogP contribution is 2.36. The number of carbonyl (C=O) groups excluding carboxylic acids is 1. The third-order valence-electron chi connectivity index (χ3n) is 5.41. The molecule has 0 saturated heterocycles. The summed E-state index contributed by atoms with van der Waals surface area (Å²) in [6.07, 6.45) is 6.87. The summed E-state index contributed by atoms with van der Waals surface area (Å²) in [5.41, 5.74) is 6.25. The zero-order chi connectivity index (χ0) is 21.7. The van der Waals surface area contributed by atoms with Crippen LogP contribution in [-0.4, -0.2) is 35.9 Å². The first-order valence-electron chi connectivity index (χ1n) is 10.0. The van der Waals surface area contributed by atoms with Gasteiger partial charge in [0.25, 0.3) is 0 Å². The number of Topliss-reactive ketones (excluding diaryl/α,β-unsaturated/α-hetero) is 1. The molecule has 1 aromatic carbocycles. The molecule has 0 aliphatic carbocycles. The van der Waals surface area contributed by atoms with Crippen molar-refractivity contribution in [2.75, 3.05) is 0 Å². The molecule has 0 unspecified atom stereocenters. The summed E-state index contributed by atoms with van der Waals surface area (Å²) < 4.78 is 0.